The Kier molecular flexibility index (Phi) is 7.40. The van der Waals surface area contributed by atoms with Crippen molar-refractivity contribution in [2.45, 2.75) is 41.2 Å². The maximum Gasteiger partial charge on any atom is 0.251 e. The molecule has 0 saturated carbocycles. The van der Waals surface area contributed by atoms with E-state index < -0.39 is 0 Å². The summed E-state index contributed by atoms with van der Waals surface area (Å²) in [5.74, 6) is -0.0613. The largest absolute Gasteiger partial charge is 0.352 e. The SMILES string of the molecule is CCNC(=O)c1ccc(C)c(NC(=O)/C=C/c2c(C)nn(CC(C)C)c2Cl)c1. The molecule has 2 N–H and O–H groups in total. The number of rotatable bonds is 7. The molecule has 0 fully saturated rings. The third-order valence-electron chi connectivity index (χ3n) is 4.14. The summed E-state index contributed by atoms with van der Waals surface area (Å²) in [5.41, 5.74) is 3.46. The first-order valence-corrected chi connectivity index (χ1v) is 9.71. The highest BCUT2D eigenvalue weighted by atomic mass is 35.5. The highest BCUT2D eigenvalue weighted by molar-refractivity contribution is 6.31. The van der Waals surface area contributed by atoms with E-state index in [4.69, 9.17) is 11.6 Å². The molecule has 0 bridgehead atoms. The molecule has 0 radical (unpaired) electrons. The fraction of sp³-hybridized carbons (Fsp3) is 0.381. The minimum Gasteiger partial charge on any atom is -0.352 e. The summed E-state index contributed by atoms with van der Waals surface area (Å²) in [6, 6.07) is 5.21. The van der Waals surface area contributed by atoms with E-state index in [9.17, 15) is 9.59 Å². The van der Waals surface area contributed by atoms with Gasteiger partial charge < -0.3 is 10.6 Å². The number of anilines is 1. The topological polar surface area (TPSA) is 76.0 Å². The Labute approximate surface area is 171 Å². The number of nitrogens with zero attached hydrogens (tertiary/aromatic N) is 2. The molecule has 1 aromatic carbocycles. The predicted molar refractivity (Wildman–Crippen MR) is 114 cm³/mol. The van der Waals surface area contributed by atoms with Gasteiger partial charge in [-0.25, -0.2) is 0 Å². The van der Waals surface area contributed by atoms with Crippen LogP contribution in [0, 0.1) is 19.8 Å². The first kappa shape index (κ1) is 21.7. The Balaban J connectivity index is 2.15. The maximum atomic E-state index is 12.4. The summed E-state index contributed by atoms with van der Waals surface area (Å²) >= 11 is 6.40. The van der Waals surface area contributed by atoms with E-state index in [-0.39, 0.29) is 11.8 Å². The predicted octanol–water partition coefficient (Wildman–Crippen LogP) is 4.21. The average Bonchev–Trinajstić information content (AvgIpc) is 2.88. The molecule has 28 heavy (non-hydrogen) atoms. The first-order valence-electron chi connectivity index (χ1n) is 9.33. The number of carbonyl (C=O) groups is 2. The molecule has 150 valence electrons. The molecule has 7 heteroatoms. The van der Waals surface area contributed by atoms with Gasteiger partial charge in [0.05, 0.1) is 5.69 Å². The normalized spacial score (nSPS) is 11.2. The summed E-state index contributed by atoms with van der Waals surface area (Å²) in [5, 5.41) is 10.5. The van der Waals surface area contributed by atoms with Gasteiger partial charge in [0.1, 0.15) is 5.15 Å². The first-order chi connectivity index (χ1) is 13.2. The number of aromatic nitrogens is 2. The highest BCUT2D eigenvalue weighted by Crippen LogP contribution is 2.22. The summed E-state index contributed by atoms with van der Waals surface area (Å²) in [4.78, 5) is 24.4. The Hall–Kier alpha value is -2.60. The minimum absolute atomic E-state index is 0.173. The van der Waals surface area contributed by atoms with Crippen LogP contribution < -0.4 is 10.6 Å². The van der Waals surface area contributed by atoms with Crippen LogP contribution in [0.3, 0.4) is 0 Å². The number of aryl methyl sites for hydroxylation is 2. The number of amides is 2. The Morgan fingerprint density at radius 1 is 1.29 bits per heavy atom. The van der Waals surface area contributed by atoms with Gasteiger partial charge in [0.2, 0.25) is 5.91 Å². The van der Waals surface area contributed by atoms with Crippen molar-refractivity contribution in [2.75, 3.05) is 11.9 Å². The standard InChI is InChI=1S/C21H27ClN4O2/c1-6-23-21(28)16-8-7-14(4)18(11-16)24-19(27)10-9-17-15(5)25-26(20(17)22)12-13(2)3/h7-11,13H,6,12H2,1-5H3,(H,23,28)(H,24,27)/b10-9+. The molecule has 0 spiro atoms. The van der Waals surface area contributed by atoms with E-state index in [1.807, 2.05) is 20.8 Å². The van der Waals surface area contributed by atoms with Crippen molar-refractivity contribution in [3.05, 3.63) is 51.8 Å². The van der Waals surface area contributed by atoms with Crippen LogP contribution in [0.4, 0.5) is 5.69 Å². The van der Waals surface area contributed by atoms with Gasteiger partial charge in [-0.05, 0) is 50.5 Å². The van der Waals surface area contributed by atoms with Gasteiger partial charge in [-0.1, -0.05) is 31.5 Å². The third kappa shape index (κ3) is 5.45. The van der Waals surface area contributed by atoms with Gasteiger partial charge in [0.15, 0.2) is 0 Å². The number of hydrogen-bond donors (Lipinski definition) is 2. The van der Waals surface area contributed by atoms with E-state index in [1.54, 1.807) is 29.0 Å². The maximum absolute atomic E-state index is 12.4. The zero-order chi connectivity index (χ0) is 20.8. The van der Waals surface area contributed by atoms with Crippen LogP contribution in [-0.2, 0) is 11.3 Å². The van der Waals surface area contributed by atoms with Crippen LogP contribution >= 0.6 is 11.6 Å². The molecule has 2 amide bonds. The quantitative estimate of drug-likeness (QED) is 0.681. The zero-order valence-corrected chi connectivity index (χ0v) is 17.7. The van der Waals surface area contributed by atoms with Crippen molar-refractivity contribution in [1.29, 1.82) is 0 Å². The number of hydrogen-bond acceptors (Lipinski definition) is 3. The van der Waals surface area contributed by atoms with E-state index in [1.165, 1.54) is 6.08 Å². The molecular formula is C21H27ClN4O2. The van der Waals surface area contributed by atoms with Crippen LogP contribution in [0.2, 0.25) is 5.15 Å². The summed E-state index contributed by atoms with van der Waals surface area (Å²) in [6.07, 6.45) is 3.09. The van der Waals surface area contributed by atoms with E-state index in [0.29, 0.717) is 35.4 Å². The molecule has 0 unspecified atom stereocenters. The van der Waals surface area contributed by atoms with Crippen molar-refractivity contribution < 1.29 is 9.59 Å². The fourth-order valence-electron chi connectivity index (χ4n) is 2.72. The molecule has 0 aliphatic heterocycles. The molecule has 1 heterocycles. The van der Waals surface area contributed by atoms with E-state index >= 15 is 0 Å². The second-order valence-electron chi connectivity index (χ2n) is 7.08. The summed E-state index contributed by atoms with van der Waals surface area (Å²) < 4.78 is 1.75. The van der Waals surface area contributed by atoms with Crippen LogP contribution in [0.15, 0.2) is 24.3 Å². The monoisotopic (exact) mass is 402 g/mol. The summed E-state index contributed by atoms with van der Waals surface area (Å²) in [7, 11) is 0. The van der Waals surface area contributed by atoms with Crippen molar-refractivity contribution in [1.82, 2.24) is 15.1 Å². The molecule has 2 aromatic rings. The lowest BCUT2D eigenvalue weighted by Gasteiger charge is -2.09. The average molecular weight is 403 g/mol. The molecular weight excluding hydrogens is 376 g/mol. The molecule has 0 aliphatic carbocycles. The Morgan fingerprint density at radius 2 is 2.00 bits per heavy atom. The lowest BCUT2D eigenvalue weighted by atomic mass is 10.1. The fourth-order valence-corrected chi connectivity index (χ4v) is 3.02. The zero-order valence-electron chi connectivity index (χ0n) is 17.0. The molecule has 2 rings (SSSR count). The van der Waals surface area contributed by atoms with E-state index in [2.05, 4.69) is 29.6 Å². The van der Waals surface area contributed by atoms with Crippen LogP contribution in [0.25, 0.3) is 6.08 Å². The molecule has 0 saturated heterocycles. The van der Waals surface area contributed by atoms with Crippen molar-refractivity contribution >= 4 is 35.2 Å². The lowest BCUT2D eigenvalue weighted by molar-refractivity contribution is -0.111. The molecule has 0 aliphatic rings. The van der Waals surface area contributed by atoms with Crippen LogP contribution in [-0.4, -0.2) is 28.1 Å². The molecule has 6 nitrogen and oxygen atoms in total. The number of carbonyl (C=O) groups excluding carboxylic acids is 2. The van der Waals surface area contributed by atoms with Crippen molar-refractivity contribution in [3.63, 3.8) is 0 Å². The van der Waals surface area contributed by atoms with Gasteiger partial charge in [0, 0.05) is 36.0 Å². The summed E-state index contributed by atoms with van der Waals surface area (Å²) in [6.45, 7) is 11.0. The van der Waals surface area contributed by atoms with Gasteiger partial charge >= 0.3 is 0 Å². The van der Waals surface area contributed by atoms with Crippen LogP contribution in [0.5, 0.6) is 0 Å². The number of nitrogens with one attached hydrogen (secondary N) is 2. The molecule has 1 aromatic heterocycles. The van der Waals surface area contributed by atoms with Crippen molar-refractivity contribution in [2.24, 2.45) is 5.92 Å². The minimum atomic E-state index is -0.303. The van der Waals surface area contributed by atoms with Gasteiger partial charge in [-0.3, -0.25) is 14.3 Å². The second kappa shape index (κ2) is 9.55. The van der Waals surface area contributed by atoms with E-state index in [0.717, 1.165) is 16.8 Å². The van der Waals surface area contributed by atoms with Crippen molar-refractivity contribution in [3.8, 4) is 0 Å². The highest BCUT2D eigenvalue weighted by Gasteiger charge is 2.13. The van der Waals surface area contributed by atoms with Gasteiger partial charge in [-0.15, -0.1) is 0 Å². The Bertz CT molecular complexity index is 900. The second-order valence-corrected chi connectivity index (χ2v) is 7.44. The number of halogens is 1. The smallest absolute Gasteiger partial charge is 0.251 e. The van der Waals surface area contributed by atoms with Crippen LogP contribution in [0.1, 0.15) is 48.0 Å². The van der Waals surface area contributed by atoms with Gasteiger partial charge in [-0.2, -0.15) is 5.10 Å². The number of benzene rings is 1. The lowest BCUT2D eigenvalue weighted by Crippen LogP contribution is -2.23. The molecule has 0 atom stereocenters. The Morgan fingerprint density at radius 3 is 2.64 bits per heavy atom. The third-order valence-corrected chi connectivity index (χ3v) is 4.54. The van der Waals surface area contributed by atoms with Gasteiger partial charge in [0.25, 0.3) is 5.91 Å².